The summed E-state index contributed by atoms with van der Waals surface area (Å²) in [5, 5.41) is 5.80. The first kappa shape index (κ1) is 9.52. The van der Waals surface area contributed by atoms with Gasteiger partial charge in [0.2, 0.25) is 0 Å². The van der Waals surface area contributed by atoms with Crippen LogP contribution in [0.3, 0.4) is 0 Å². The largest absolute Gasteiger partial charge is 0.496 e. The van der Waals surface area contributed by atoms with Crippen molar-refractivity contribution in [1.29, 1.82) is 0 Å². The van der Waals surface area contributed by atoms with Crippen LogP contribution in [0.25, 0.3) is 10.8 Å². The zero-order valence-electron chi connectivity index (χ0n) is 8.47. The van der Waals surface area contributed by atoms with Crippen LogP contribution in [0.2, 0.25) is 0 Å². The van der Waals surface area contributed by atoms with Crippen LogP contribution in [0.15, 0.2) is 41.5 Å². The lowest BCUT2D eigenvalue weighted by atomic mass is 10.0. The van der Waals surface area contributed by atoms with Gasteiger partial charge in [0.15, 0.2) is 0 Å². The Bertz CT molecular complexity index is 506. The number of hydrogen-bond acceptors (Lipinski definition) is 3. The molecule has 0 aliphatic carbocycles. The van der Waals surface area contributed by atoms with Crippen LogP contribution in [0.4, 0.5) is 0 Å². The molecular weight excluding hydrogens is 188 g/mol. The zero-order chi connectivity index (χ0) is 10.7. The average Bonchev–Trinajstić information content (AvgIpc) is 2.30. The number of hydrogen-bond donors (Lipinski definition) is 1. The molecule has 0 saturated heterocycles. The zero-order valence-corrected chi connectivity index (χ0v) is 8.47. The molecule has 0 aliphatic heterocycles. The summed E-state index contributed by atoms with van der Waals surface area (Å²) in [5.41, 5.74) is 0.915. The van der Waals surface area contributed by atoms with Crippen molar-refractivity contribution in [1.82, 2.24) is 0 Å². The van der Waals surface area contributed by atoms with Crippen molar-refractivity contribution < 1.29 is 4.74 Å². The molecule has 0 spiro atoms. The quantitative estimate of drug-likeness (QED) is 0.458. The Morgan fingerprint density at radius 3 is 2.73 bits per heavy atom. The highest BCUT2D eigenvalue weighted by Gasteiger charge is 2.04. The smallest absolute Gasteiger partial charge is 0.128 e. The highest BCUT2D eigenvalue weighted by atomic mass is 16.5. The summed E-state index contributed by atoms with van der Waals surface area (Å²) >= 11 is 0. The van der Waals surface area contributed by atoms with E-state index in [1.165, 1.54) is 0 Å². The molecule has 0 fully saturated rings. The molecule has 15 heavy (non-hydrogen) atoms. The Kier molecular flexibility index (Phi) is 2.54. The van der Waals surface area contributed by atoms with Crippen LogP contribution in [-0.4, -0.2) is 13.3 Å². The fourth-order valence-electron chi connectivity index (χ4n) is 1.66. The van der Waals surface area contributed by atoms with E-state index in [1.807, 2.05) is 36.4 Å². The standard InChI is InChI=1S/C12H12N2O/c1-15-12-7-6-9-4-2-3-5-10(9)11(12)8-14-13/h2-8H,13H2,1H3. The molecule has 0 radical (unpaired) electrons. The molecule has 0 heterocycles. The maximum Gasteiger partial charge on any atom is 0.128 e. The fourth-order valence-corrected chi connectivity index (χ4v) is 1.66. The summed E-state index contributed by atoms with van der Waals surface area (Å²) in [6.07, 6.45) is 1.61. The maximum atomic E-state index is 5.26. The van der Waals surface area contributed by atoms with Crippen molar-refractivity contribution in [3.8, 4) is 5.75 Å². The summed E-state index contributed by atoms with van der Waals surface area (Å²) in [4.78, 5) is 0. The molecule has 0 atom stereocenters. The third-order valence-electron chi connectivity index (χ3n) is 2.35. The second-order valence-corrected chi connectivity index (χ2v) is 3.18. The summed E-state index contributed by atoms with van der Waals surface area (Å²) in [6, 6.07) is 12.0. The van der Waals surface area contributed by atoms with Gasteiger partial charge in [0, 0.05) is 5.56 Å². The SMILES string of the molecule is COc1ccc2ccccc2c1C=NN. The molecule has 76 valence electrons. The molecule has 2 aromatic carbocycles. The summed E-state index contributed by atoms with van der Waals surface area (Å²) in [7, 11) is 1.64. The lowest BCUT2D eigenvalue weighted by Gasteiger charge is -2.07. The van der Waals surface area contributed by atoms with Crippen molar-refractivity contribution in [2.45, 2.75) is 0 Å². The third kappa shape index (κ3) is 1.64. The molecule has 0 saturated carbocycles. The predicted octanol–water partition coefficient (Wildman–Crippen LogP) is 2.14. The molecule has 0 bridgehead atoms. The van der Waals surface area contributed by atoms with Gasteiger partial charge in [-0.1, -0.05) is 30.3 Å². The van der Waals surface area contributed by atoms with Gasteiger partial charge < -0.3 is 10.6 Å². The van der Waals surface area contributed by atoms with E-state index in [2.05, 4.69) is 5.10 Å². The minimum absolute atomic E-state index is 0.780. The van der Waals surface area contributed by atoms with Crippen molar-refractivity contribution in [3.63, 3.8) is 0 Å². The van der Waals surface area contributed by atoms with Crippen LogP contribution in [0.5, 0.6) is 5.75 Å². The maximum absolute atomic E-state index is 5.26. The van der Waals surface area contributed by atoms with E-state index in [1.54, 1.807) is 13.3 Å². The monoisotopic (exact) mass is 200 g/mol. The van der Waals surface area contributed by atoms with Crippen molar-refractivity contribution in [3.05, 3.63) is 42.0 Å². The van der Waals surface area contributed by atoms with E-state index in [-0.39, 0.29) is 0 Å². The molecule has 0 aromatic heterocycles. The highest BCUT2D eigenvalue weighted by Crippen LogP contribution is 2.26. The topological polar surface area (TPSA) is 47.6 Å². The first-order chi connectivity index (χ1) is 7.36. The minimum Gasteiger partial charge on any atom is -0.496 e. The Hall–Kier alpha value is -2.03. The first-order valence-corrected chi connectivity index (χ1v) is 4.66. The molecule has 0 aliphatic rings. The number of nitrogens with zero attached hydrogens (tertiary/aromatic N) is 1. The van der Waals surface area contributed by atoms with E-state index >= 15 is 0 Å². The highest BCUT2D eigenvalue weighted by molar-refractivity contribution is 6.02. The number of benzene rings is 2. The van der Waals surface area contributed by atoms with Crippen LogP contribution in [-0.2, 0) is 0 Å². The van der Waals surface area contributed by atoms with Crippen molar-refractivity contribution in [2.75, 3.05) is 7.11 Å². The molecular formula is C12H12N2O. The average molecular weight is 200 g/mol. The van der Waals surface area contributed by atoms with E-state index < -0.39 is 0 Å². The van der Waals surface area contributed by atoms with Gasteiger partial charge in [0.1, 0.15) is 5.75 Å². The molecule has 2 N–H and O–H groups in total. The summed E-state index contributed by atoms with van der Waals surface area (Å²) < 4.78 is 5.26. The second kappa shape index (κ2) is 4.00. The van der Waals surface area contributed by atoms with Crippen molar-refractivity contribution >= 4 is 17.0 Å². The van der Waals surface area contributed by atoms with Gasteiger partial charge in [-0.2, -0.15) is 5.10 Å². The first-order valence-electron chi connectivity index (χ1n) is 4.66. The Morgan fingerprint density at radius 1 is 1.20 bits per heavy atom. The predicted molar refractivity (Wildman–Crippen MR) is 62.3 cm³/mol. The molecule has 3 nitrogen and oxygen atoms in total. The number of ether oxygens (including phenoxy) is 1. The number of rotatable bonds is 2. The summed E-state index contributed by atoms with van der Waals surface area (Å²) in [6.45, 7) is 0. The minimum atomic E-state index is 0.780. The number of fused-ring (bicyclic) bond motifs is 1. The van der Waals surface area contributed by atoms with Crippen LogP contribution >= 0.6 is 0 Å². The van der Waals surface area contributed by atoms with Gasteiger partial charge in [-0.15, -0.1) is 0 Å². The molecule has 0 amide bonds. The molecule has 2 rings (SSSR count). The van der Waals surface area contributed by atoms with E-state index in [0.29, 0.717) is 0 Å². The number of hydrazone groups is 1. The van der Waals surface area contributed by atoms with Gasteiger partial charge in [0.25, 0.3) is 0 Å². The van der Waals surface area contributed by atoms with Crippen LogP contribution < -0.4 is 10.6 Å². The van der Waals surface area contributed by atoms with E-state index in [4.69, 9.17) is 10.6 Å². The Balaban J connectivity index is 2.78. The van der Waals surface area contributed by atoms with Crippen LogP contribution in [0, 0.1) is 0 Å². The lowest BCUT2D eigenvalue weighted by Crippen LogP contribution is -1.94. The van der Waals surface area contributed by atoms with Gasteiger partial charge in [0.05, 0.1) is 13.3 Å². The molecule has 0 unspecified atom stereocenters. The second-order valence-electron chi connectivity index (χ2n) is 3.18. The fraction of sp³-hybridized carbons (Fsp3) is 0.0833. The van der Waals surface area contributed by atoms with Gasteiger partial charge in [-0.05, 0) is 16.8 Å². The third-order valence-corrected chi connectivity index (χ3v) is 2.35. The summed E-state index contributed by atoms with van der Waals surface area (Å²) in [5.74, 6) is 5.97. The normalized spacial score (nSPS) is 11.0. The van der Waals surface area contributed by atoms with Gasteiger partial charge in [-0.25, -0.2) is 0 Å². The van der Waals surface area contributed by atoms with E-state index in [9.17, 15) is 0 Å². The number of methoxy groups -OCH3 is 1. The molecule has 2 aromatic rings. The lowest BCUT2D eigenvalue weighted by molar-refractivity contribution is 0.415. The molecule has 3 heteroatoms. The Morgan fingerprint density at radius 2 is 2.00 bits per heavy atom. The van der Waals surface area contributed by atoms with Gasteiger partial charge >= 0.3 is 0 Å². The number of nitrogens with two attached hydrogens (primary N) is 1. The van der Waals surface area contributed by atoms with Gasteiger partial charge in [-0.3, -0.25) is 0 Å². The van der Waals surface area contributed by atoms with Crippen molar-refractivity contribution in [2.24, 2.45) is 10.9 Å². The Labute approximate surface area is 88.2 Å². The van der Waals surface area contributed by atoms with Crippen LogP contribution in [0.1, 0.15) is 5.56 Å². The van der Waals surface area contributed by atoms with E-state index in [0.717, 1.165) is 22.1 Å².